The SMILES string of the molecule is N#CC1(CC(O)CN2CC(CC(F)(F)F)C2)CCOCC1. The molecule has 2 fully saturated rings. The van der Waals surface area contributed by atoms with E-state index in [-0.39, 0.29) is 5.92 Å². The second-order valence-electron chi connectivity index (χ2n) is 6.27. The molecule has 2 aliphatic rings. The molecule has 21 heavy (non-hydrogen) atoms. The summed E-state index contributed by atoms with van der Waals surface area (Å²) in [7, 11) is 0. The highest BCUT2D eigenvalue weighted by atomic mass is 19.4. The number of alkyl halides is 3. The molecule has 0 radical (unpaired) electrons. The van der Waals surface area contributed by atoms with Crippen LogP contribution in [0.25, 0.3) is 0 Å². The number of aliphatic hydroxyl groups excluding tert-OH is 1. The standard InChI is InChI=1S/C14H21F3N2O2/c15-14(16,17)5-11-7-19(8-11)9-12(20)6-13(10-18)1-3-21-4-2-13/h11-12,20H,1-9H2. The van der Waals surface area contributed by atoms with Crippen LogP contribution >= 0.6 is 0 Å². The first-order chi connectivity index (χ1) is 9.82. The van der Waals surface area contributed by atoms with Crippen molar-refractivity contribution in [2.24, 2.45) is 11.3 Å². The van der Waals surface area contributed by atoms with E-state index in [1.54, 1.807) is 0 Å². The van der Waals surface area contributed by atoms with Gasteiger partial charge in [0.1, 0.15) is 0 Å². The van der Waals surface area contributed by atoms with Gasteiger partial charge in [-0.25, -0.2) is 0 Å². The van der Waals surface area contributed by atoms with E-state index in [0.29, 0.717) is 52.1 Å². The smallest absolute Gasteiger partial charge is 0.389 e. The van der Waals surface area contributed by atoms with Crippen LogP contribution < -0.4 is 0 Å². The van der Waals surface area contributed by atoms with Crippen molar-refractivity contribution in [3.8, 4) is 6.07 Å². The Morgan fingerprint density at radius 1 is 1.33 bits per heavy atom. The molecule has 1 N–H and O–H groups in total. The van der Waals surface area contributed by atoms with E-state index in [0.717, 1.165) is 0 Å². The van der Waals surface area contributed by atoms with Crippen molar-refractivity contribution in [2.45, 2.75) is 38.0 Å². The highest BCUT2D eigenvalue weighted by molar-refractivity contribution is 5.01. The Morgan fingerprint density at radius 3 is 2.48 bits per heavy atom. The van der Waals surface area contributed by atoms with Crippen molar-refractivity contribution >= 4 is 0 Å². The second-order valence-corrected chi connectivity index (χ2v) is 6.27. The second kappa shape index (κ2) is 6.51. The number of likely N-dealkylation sites (tertiary alicyclic amines) is 1. The molecule has 0 bridgehead atoms. The average Bonchev–Trinajstić information content (AvgIpc) is 2.35. The lowest BCUT2D eigenvalue weighted by molar-refractivity contribution is -0.157. The summed E-state index contributed by atoms with van der Waals surface area (Å²) in [5.41, 5.74) is -0.548. The summed E-state index contributed by atoms with van der Waals surface area (Å²) in [4.78, 5) is 1.82. The van der Waals surface area contributed by atoms with Gasteiger partial charge in [-0.2, -0.15) is 18.4 Å². The number of nitriles is 1. The monoisotopic (exact) mass is 306 g/mol. The van der Waals surface area contributed by atoms with E-state index in [4.69, 9.17) is 4.74 Å². The maximum atomic E-state index is 12.2. The van der Waals surface area contributed by atoms with Gasteiger partial charge in [-0.05, 0) is 25.2 Å². The predicted octanol–water partition coefficient (Wildman–Crippen LogP) is 1.94. The molecule has 120 valence electrons. The summed E-state index contributed by atoms with van der Waals surface area (Å²) in [6, 6.07) is 2.29. The number of rotatable bonds is 5. The van der Waals surface area contributed by atoms with Gasteiger partial charge in [0.15, 0.2) is 0 Å². The molecular formula is C14H21F3N2O2. The Bertz CT molecular complexity index is 383. The van der Waals surface area contributed by atoms with E-state index in [1.807, 2.05) is 4.90 Å². The fraction of sp³-hybridized carbons (Fsp3) is 0.929. The molecule has 0 aromatic heterocycles. The summed E-state index contributed by atoms with van der Waals surface area (Å²) in [6.07, 6.45) is -3.95. The number of nitrogens with zero attached hydrogens (tertiary/aromatic N) is 2. The van der Waals surface area contributed by atoms with Gasteiger partial charge in [0.2, 0.25) is 0 Å². The molecule has 7 heteroatoms. The van der Waals surface area contributed by atoms with Crippen LogP contribution in [0, 0.1) is 22.7 Å². The lowest BCUT2D eigenvalue weighted by Crippen LogP contribution is -2.51. The van der Waals surface area contributed by atoms with E-state index < -0.39 is 24.1 Å². The van der Waals surface area contributed by atoms with Crippen molar-refractivity contribution in [2.75, 3.05) is 32.8 Å². The molecule has 4 nitrogen and oxygen atoms in total. The number of halogens is 3. The highest BCUT2D eigenvalue weighted by Crippen LogP contribution is 2.35. The Balaban J connectivity index is 1.71. The van der Waals surface area contributed by atoms with E-state index in [2.05, 4.69) is 6.07 Å². The Morgan fingerprint density at radius 2 is 1.95 bits per heavy atom. The fourth-order valence-electron chi connectivity index (χ4n) is 3.22. The van der Waals surface area contributed by atoms with Gasteiger partial charge in [0.25, 0.3) is 0 Å². The van der Waals surface area contributed by atoms with Gasteiger partial charge in [-0.3, -0.25) is 0 Å². The molecule has 0 spiro atoms. The lowest BCUT2D eigenvalue weighted by Gasteiger charge is -2.41. The van der Waals surface area contributed by atoms with Gasteiger partial charge in [0, 0.05) is 39.3 Å². The lowest BCUT2D eigenvalue weighted by atomic mass is 9.77. The minimum atomic E-state index is -4.11. The molecule has 0 amide bonds. The molecule has 0 aromatic rings. The maximum Gasteiger partial charge on any atom is 0.389 e. The first-order valence-electron chi connectivity index (χ1n) is 7.28. The zero-order valence-electron chi connectivity index (χ0n) is 11.9. The topological polar surface area (TPSA) is 56.5 Å². The maximum absolute atomic E-state index is 12.2. The van der Waals surface area contributed by atoms with Crippen LogP contribution in [0.15, 0.2) is 0 Å². The van der Waals surface area contributed by atoms with Crippen LogP contribution in [-0.2, 0) is 4.74 Å². The number of hydrogen-bond donors (Lipinski definition) is 1. The van der Waals surface area contributed by atoms with Crippen molar-refractivity contribution in [3.63, 3.8) is 0 Å². The minimum absolute atomic E-state index is 0.346. The summed E-state index contributed by atoms with van der Waals surface area (Å²) in [5.74, 6) is -0.356. The van der Waals surface area contributed by atoms with Crippen molar-refractivity contribution in [1.82, 2.24) is 4.90 Å². The van der Waals surface area contributed by atoms with Gasteiger partial charge >= 0.3 is 6.18 Å². The molecule has 2 aliphatic heterocycles. The van der Waals surface area contributed by atoms with E-state index >= 15 is 0 Å². The summed E-state index contributed by atoms with van der Waals surface area (Å²) in [5, 5.41) is 19.4. The number of aliphatic hydroxyl groups is 1. The molecule has 2 rings (SSSR count). The van der Waals surface area contributed by atoms with Crippen molar-refractivity contribution in [1.29, 1.82) is 5.26 Å². The van der Waals surface area contributed by atoms with Crippen LogP contribution in [0.4, 0.5) is 13.2 Å². The van der Waals surface area contributed by atoms with E-state index in [1.165, 1.54) is 0 Å². The molecule has 1 atom stereocenters. The van der Waals surface area contributed by atoms with Crippen LogP contribution in [0.1, 0.15) is 25.7 Å². The first kappa shape index (κ1) is 16.5. The average molecular weight is 306 g/mol. The summed E-state index contributed by atoms with van der Waals surface area (Å²) >= 11 is 0. The van der Waals surface area contributed by atoms with Crippen molar-refractivity contribution < 1.29 is 23.0 Å². The largest absolute Gasteiger partial charge is 0.392 e. The summed E-state index contributed by atoms with van der Waals surface area (Å²) in [6.45, 7) is 2.15. The highest BCUT2D eigenvalue weighted by Gasteiger charge is 2.40. The van der Waals surface area contributed by atoms with Gasteiger partial charge in [0.05, 0.1) is 17.6 Å². The molecule has 1 unspecified atom stereocenters. The normalized spacial score (nSPS) is 25.1. The number of β-amino-alcohol motifs (C(OH)–C–C–N with tert-alkyl or cyclic N) is 1. The van der Waals surface area contributed by atoms with Gasteiger partial charge in [-0.1, -0.05) is 0 Å². The third-order valence-electron chi connectivity index (χ3n) is 4.34. The molecule has 2 heterocycles. The zero-order chi connectivity index (χ0) is 15.5. The summed E-state index contributed by atoms with van der Waals surface area (Å²) < 4.78 is 41.9. The fourth-order valence-corrected chi connectivity index (χ4v) is 3.22. The first-order valence-corrected chi connectivity index (χ1v) is 7.28. The number of hydrogen-bond acceptors (Lipinski definition) is 4. The Hall–Kier alpha value is -0.840. The minimum Gasteiger partial charge on any atom is -0.392 e. The molecule has 0 aliphatic carbocycles. The van der Waals surface area contributed by atoms with Crippen LogP contribution in [0.5, 0.6) is 0 Å². The number of ether oxygens (including phenoxy) is 1. The molecular weight excluding hydrogens is 285 g/mol. The molecule has 2 saturated heterocycles. The Labute approximate surface area is 122 Å². The molecule has 0 aromatic carbocycles. The van der Waals surface area contributed by atoms with Crippen LogP contribution in [0.3, 0.4) is 0 Å². The van der Waals surface area contributed by atoms with E-state index in [9.17, 15) is 23.5 Å². The zero-order valence-corrected chi connectivity index (χ0v) is 11.9. The third kappa shape index (κ3) is 4.83. The van der Waals surface area contributed by atoms with Crippen LogP contribution in [0.2, 0.25) is 0 Å². The van der Waals surface area contributed by atoms with Crippen molar-refractivity contribution in [3.05, 3.63) is 0 Å². The van der Waals surface area contributed by atoms with Crippen LogP contribution in [-0.4, -0.2) is 55.1 Å². The predicted molar refractivity (Wildman–Crippen MR) is 69.3 cm³/mol. The van der Waals surface area contributed by atoms with Gasteiger partial charge in [-0.15, -0.1) is 0 Å². The molecule has 0 saturated carbocycles. The Kier molecular flexibility index (Phi) is 5.12. The quantitative estimate of drug-likeness (QED) is 0.843. The van der Waals surface area contributed by atoms with Gasteiger partial charge < -0.3 is 14.7 Å². The third-order valence-corrected chi connectivity index (χ3v) is 4.34.